The molecule has 100 valence electrons. The molecule has 0 amide bonds. The largest absolute Gasteiger partial charge is 0.475 e. The van der Waals surface area contributed by atoms with E-state index in [1.807, 2.05) is 0 Å². The molecule has 1 aromatic rings. The Balaban J connectivity index is 2.74. The molecule has 0 aromatic carbocycles. The Morgan fingerprint density at radius 3 is 2.67 bits per heavy atom. The van der Waals surface area contributed by atoms with Gasteiger partial charge >= 0.3 is 11.9 Å². The maximum Gasteiger partial charge on any atom is 0.372 e. The van der Waals surface area contributed by atoms with Crippen LogP contribution >= 0.6 is 0 Å². The number of carbonyl (C=O) groups is 2. The summed E-state index contributed by atoms with van der Waals surface area (Å²) < 4.78 is 32.3. The number of hydrogen-bond acceptors (Lipinski definition) is 6. The minimum Gasteiger partial charge on any atom is -0.475 e. The third-order valence-electron chi connectivity index (χ3n) is 2.16. The van der Waals surface area contributed by atoms with Gasteiger partial charge in [-0.3, -0.25) is 4.79 Å². The monoisotopic (exact) mass is 276 g/mol. The number of esters is 1. The molecule has 1 N–H and O–H groups in total. The van der Waals surface area contributed by atoms with Crippen molar-refractivity contribution in [3.8, 4) is 0 Å². The lowest BCUT2D eigenvalue weighted by molar-refractivity contribution is -0.140. The predicted octanol–water partition coefficient (Wildman–Crippen LogP) is 0.456. The van der Waals surface area contributed by atoms with Gasteiger partial charge in [0.1, 0.15) is 0 Å². The molecule has 1 rings (SSSR count). The fraction of sp³-hybridized carbons (Fsp3) is 0.400. The van der Waals surface area contributed by atoms with Crippen molar-refractivity contribution in [1.29, 1.82) is 0 Å². The van der Waals surface area contributed by atoms with E-state index in [4.69, 9.17) is 5.11 Å². The van der Waals surface area contributed by atoms with E-state index in [1.54, 1.807) is 0 Å². The Morgan fingerprint density at radius 1 is 1.44 bits per heavy atom. The van der Waals surface area contributed by atoms with Gasteiger partial charge in [-0.1, -0.05) is 0 Å². The molecular formula is C10H12O7S. The van der Waals surface area contributed by atoms with Gasteiger partial charge in [0.05, 0.1) is 31.3 Å². The van der Waals surface area contributed by atoms with Crippen LogP contribution in [0.1, 0.15) is 22.5 Å². The summed E-state index contributed by atoms with van der Waals surface area (Å²) in [7, 11) is -2.43. The van der Waals surface area contributed by atoms with E-state index in [0.717, 1.165) is 13.4 Å². The molecule has 18 heavy (non-hydrogen) atoms. The summed E-state index contributed by atoms with van der Waals surface area (Å²) >= 11 is 0. The molecule has 0 aliphatic carbocycles. The van der Waals surface area contributed by atoms with Gasteiger partial charge in [-0.15, -0.1) is 0 Å². The quantitative estimate of drug-likeness (QED) is 0.751. The molecule has 0 saturated carbocycles. The molecule has 0 saturated heterocycles. The second-order valence-corrected chi connectivity index (χ2v) is 5.68. The van der Waals surface area contributed by atoms with Gasteiger partial charge in [0, 0.05) is 5.56 Å². The molecule has 0 fully saturated rings. The van der Waals surface area contributed by atoms with Crippen LogP contribution in [0.4, 0.5) is 0 Å². The van der Waals surface area contributed by atoms with Gasteiger partial charge in [-0.2, -0.15) is 0 Å². The number of rotatable bonds is 6. The van der Waals surface area contributed by atoms with E-state index in [2.05, 4.69) is 9.15 Å². The van der Waals surface area contributed by atoms with E-state index < -0.39 is 39.0 Å². The first-order valence-corrected chi connectivity index (χ1v) is 6.75. The Morgan fingerprint density at radius 2 is 2.11 bits per heavy atom. The van der Waals surface area contributed by atoms with Crippen LogP contribution in [0.5, 0.6) is 0 Å². The summed E-state index contributed by atoms with van der Waals surface area (Å²) in [6, 6.07) is 1.28. The van der Waals surface area contributed by atoms with E-state index in [-0.39, 0.29) is 12.0 Å². The van der Waals surface area contributed by atoms with E-state index in [1.165, 1.54) is 6.07 Å². The summed E-state index contributed by atoms with van der Waals surface area (Å²) in [5, 5.41) is 8.74. The number of aromatic carboxylic acids is 1. The first-order chi connectivity index (χ1) is 8.35. The number of carbonyl (C=O) groups excluding carboxylic acids is 1. The number of methoxy groups -OCH3 is 1. The first kappa shape index (κ1) is 14.2. The standard InChI is InChI=1S/C10H12O7S/c1-16-8(11)3-5-18(14,15)6-7-2-4-17-9(7)10(12)13/h2,4H,3,5-6H2,1H3,(H,12,13). The van der Waals surface area contributed by atoms with Gasteiger partial charge in [-0.25, -0.2) is 13.2 Å². The zero-order valence-electron chi connectivity index (χ0n) is 9.58. The zero-order valence-corrected chi connectivity index (χ0v) is 10.4. The normalized spacial score (nSPS) is 11.2. The van der Waals surface area contributed by atoms with Crippen molar-refractivity contribution < 1.29 is 32.3 Å². The smallest absolute Gasteiger partial charge is 0.372 e. The lowest BCUT2D eigenvalue weighted by Crippen LogP contribution is -2.15. The summed E-state index contributed by atoms with van der Waals surface area (Å²) in [6.45, 7) is 0. The highest BCUT2D eigenvalue weighted by Crippen LogP contribution is 2.15. The number of ether oxygens (including phenoxy) is 1. The second-order valence-electron chi connectivity index (χ2n) is 3.50. The topological polar surface area (TPSA) is 111 Å². The van der Waals surface area contributed by atoms with E-state index in [9.17, 15) is 18.0 Å². The summed E-state index contributed by atoms with van der Waals surface area (Å²) in [4.78, 5) is 21.6. The van der Waals surface area contributed by atoms with Crippen LogP contribution in [-0.2, 0) is 25.1 Å². The Kier molecular flexibility index (Phi) is 4.49. The third kappa shape index (κ3) is 3.88. The van der Waals surface area contributed by atoms with Gasteiger partial charge < -0.3 is 14.3 Å². The Labute approximate surface area is 103 Å². The highest BCUT2D eigenvalue weighted by Gasteiger charge is 2.21. The molecule has 7 nitrogen and oxygen atoms in total. The van der Waals surface area contributed by atoms with Crippen LogP contribution in [-0.4, -0.2) is 38.3 Å². The van der Waals surface area contributed by atoms with Crippen molar-refractivity contribution in [2.45, 2.75) is 12.2 Å². The fourth-order valence-corrected chi connectivity index (χ4v) is 2.61. The van der Waals surface area contributed by atoms with Crippen molar-refractivity contribution >= 4 is 21.8 Å². The van der Waals surface area contributed by atoms with Gasteiger partial charge in [0.25, 0.3) is 0 Å². The van der Waals surface area contributed by atoms with Crippen LogP contribution in [0.3, 0.4) is 0 Å². The van der Waals surface area contributed by atoms with Gasteiger partial charge in [0.2, 0.25) is 5.76 Å². The maximum atomic E-state index is 11.7. The van der Waals surface area contributed by atoms with Crippen molar-refractivity contribution in [1.82, 2.24) is 0 Å². The van der Waals surface area contributed by atoms with E-state index >= 15 is 0 Å². The Bertz CT molecular complexity index is 540. The Hall–Kier alpha value is -1.83. The van der Waals surface area contributed by atoms with Crippen molar-refractivity contribution in [3.63, 3.8) is 0 Å². The fourth-order valence-electron chi connectivity index (χ4n) is 1.29. The molecule has 0 aliphatic heterocycles. The number of hydrogen-bond donors (Lipinski definition) is 1. The van der Waals surface area contributed by atoms with Gasteiger partial charge in [0.15, 0.2) is 9.84 Å². The number of carboxylic acid groups (broad SMARTS) is 1. The molecule has 0 radical (unpaired) electrons. The van der Waals surface area contributed by atoms with Crippen LogP contribution in [0.2, 0.25) is 0 Å². The summed E-state index contributed by atoms with van der Waals surface area (Å²) in [6.07, 6.45) is 0.841. The molecule has 1 heterocycles. The predicted molar refractivity (Wildman–Crippen MR) is 59.8 cm³/mol. The van der Waals surface area contributed by atoms with Crippen LogP contribution < -0.4 is 0 Å². The maximum absolute atomic E-state index is 11.7. The molecular weight excluding hydrogens is 264 g/mol. The second kappa shape index (κ2) is 5.67. The molecule has 0 bridgehead atoms. The lowest BCUT2D eigenvalue weighted by atomic mass is 10.3. The lowest BCUT2D eigenvalue weighted by Gasteiger charge is -2.02. The van der Waals surface area contributed by atoms with Gasteiger partial charge in [-0.05, 0) is 6.07 Å². The average Bonchev–Trinajstić information content (AvgIpc) is 2.73. The average molecular weight is 276 g/mol. The SMILES string of the molecule is COC(=O)CCS(=O)(=O)Cc1ccoc1C(=O)O. The highest BCUT2D eigenvalue weighted by atomic mass is 32.2. The molecule has 0 atom stereocenters. The number of furan rings is 1. The molecule has 0 unspecified atom stereocenters. The van der Waals surface area contributed by atoms with Crippen molar-refractivity contribution in [3.05, 3.63) is 23.7 Å². The highest BCUT2D eigenvalue weighted by molar-refractivity contribution is 7.90. The van der Waals surface area contributed by atoms with Crippen LogP contribution in [0, 0.1) is 0 Å². The van der Waals surface area contributed by atoms with Crippen LogP contribution in [0.25, 0.3) is 0 Å². The molecule has 0 spiro atoms. The minimum absolute atomic E-state index is 0.0624. The van der Waals surface area contributed by atoms with E-state index in [0.29, 0.717) is 0 Å². The number of sulfone groups is 1. The molecule has 0 aliphatic rings. The van der Waals surface area contributed by atoms with Crippen molar-refractivity contribution in [2.75, 3.05) is 12.9 Å². The van der Waals surface area contributed by atoms with Crippen LogP contribution in [0.15, 0.2) is 16.7 Å². The zero-order chi connectivity index (χ0) is 13.8. The third-order valence-corrected chi connectivity index (χ3v) is 3.74. The van der Waals surface area contributed by atoms with Crippen molar-refractivity contribution in [2.24, 2.45) is 0 Å². The summed E-state index contributed by atoms with van der Waals surface area (Å²) in [5.74, 6) is -3.26. The first-order valence-electron chi connectivity index (χ1n) is 4.92. The number of carboxylic acids is 1. The molecule has 8 heteroatoms. The minimum atomic E-state index is -3.59. The summed E-state index contributed by atoms with van der Waals surface area (Å²) in [5.41, 5.74) is 0.0624. The molecule has 1 aromatic heterocycles.